The number of aromatic nitrogens is 1. The highest BCUT2D eigenvalue weighted by Gasteiger charge is 2.16. The molecule has 5 heteroatoms. The standard InChI is InChI=1S/C15H9N3O2/c16-9-14-15(10-4-2-1-3-5-10)12-8-11(18(19)20)6-7-13(12)17-14/h1-8,17H. The van der Waals surface area contributed by atoms with Crippen molar-refractivity contribution in [2.75, 3.05) is 0 Å². The van der Waals surface area contributed by atoms with Crippen LogP contribution in [0, 0.1) is 21.4 Å². The first-order valence-electron chi connectivity index (χ1n) is 5.96. The number of aromatic amines is 1. The quantitative estimate of drug-likeness (QED) is 0.566. The fourth-order valence-corrected chi connectivity index (χ4v) is 2.28. The number of hydrogen-bond donors (Lipinski definition) is 1. The second kappa shape index (κ2) is 4.52. The summed E-state index contributed by atoms with van der Waals surface area (Å²) in [5.41, 5.74) is 2.69. The number of nitro benzene ring substituents is 1. The number of nitrogens with one attached hydrogen (secondary N) is 1. The van der Waals surface area contributed by atoms with Crippen LogP contribution in [0.3, 0.4) is 0 Å². The molecule has 5 nitrogen and oxygen atoms in total. The van der Waals surface area contributed by atoms with Crippen molar-refractivity contribution in [2.45, 2.75) is 0 Å². The molecular weight excluding hydrogens is 254 g/mol. The first-order valence-corrected chi connectivity index (χ1v) is 5.96. The molecule has 0 spiro atoms. The van der Waals surface area contributed by atoms with Crippen LogP contribution < -0.4 is 0 Å². The van der Waals surface area contributed by atoms with E-state index >= 15 is 0 Å². The first-order chi connectivity index (χ1) is 9.70. The third-order valence-electron chi connectivity index (χ3n) is 3.17. The molecular formula is C15H9N3O2. The second-order valence-electron chi connectivity index (χ2n) is 4.34. The topological polar surface area (TPSA) is 82.7 Å². The van der Waals surface area contributed by atoms with Crippen LogP contribution in [0.15, 0.2) is 48.5 Å². The van der Waals surface area contributed by atoms with E-state index in [-0.39, 0.29) is 5.69 Å². The van der Waals surface area contributed by atoms with Gasteiger partial charge in [-0.15, -0.1) is 0 Å². The summed E-state index contributed by atoms with van der Waals surface area (Å²) < 4.78 is 0. The van der Waals surface area contributed by atoms with Crippen LogP contribution in [0.5, 0.6) is 0 Å². The number of fused-ring (bicyclic) bond motifs is 1. The molecule has 0 radical (unpaired) electrons. The van der Waals surface area contributed by atoms with E-state index in [0.29, 0.717) is 22.2 Å². The van der Waals surface area contributed by atoms with Crippen molar-refractivity contribution in [2.24, 2.45) is 0 Å². The van der Waals surface area contributed by atoms with Crippen LogP contribution in [-0.2, 0) is 0 Å². The zero-order valence-electron chi connectivity index (χ0n) is 10.3. The van der Waals surface area contributed by atoms with Gasteiger partial charge in [0.15, 0.2) is 0 Å². The Morgan fingerprint density at radius 3 is 2.55 bits per heavy atom. The van der Waals surface area contributed by atoms with E-state index in [2.05, 4.69) is 11.1 Å². The van der Waals surface area contributed by atoms with Crippen molar-refractivity contribution in [3.63, 3.8) is 0 Å². The van der Waals surface area contributed by atoms with Crippen LogP contribution in [0.25, 0.3) is 22.0 Å². The average molecular weight is 263 g/mol. The molecule has 1 aromatic heterocycles. The molecule has 3 aromatic rings. The SMILES string of the molecule is N#Cc1[nH]c2ccc([N+](=O)[O-])cc2c1-c1ccccc1. The average Bonchev–Trinajstić information content (AvgIpc) is 2.85. The van der Waals surface area contributed by atoms with E-state index in [4.69, 9.17) is 0 Å². The predicted octanol–water partition coefficient (Wildman–Crippen LogP) is 3.61. The summed E-state index contributed by atoms with van der Waals surface area (Å²) in [4.78, 5) is 13.5. The Balaban J connectivity index is 2.36. The Hall–Kier alpha value is -3.13. The van der Waals surface area contributed by atoms with Crippen molar-refractivity contribution in [1.29, 1.82) is 5.26 Å². The summed E-state index contributed by atoms with van der Waals surface area (Å²) in [6, 6.07) is 16.0. The zero-order valence-corrected chi connectivity index (χ0v) is 10.3. The largest absolute Gasteiger partial charge is 0.346 e. The number of non-ortho nitro benzene ring substituents is 1. The molecule has 0 atom stereocenters. The molecule has 0 aliphatic heterocycles. The van der Waals surface area contributed by atoms with Crippen molar-refractivity contribution in [1.82, 2.24) is 4.98 Å². The van der Waals surface area contributed by atoms with Gasteiger partial charge in [-0.05, 0) is 11.6 Å². The third kappa shape index (κ3) is 1.80. The van der Waals surface area contributed by atoms with Crippen LogP contribution in [0.2, 0.25) is 0 Å². The fraction of sp³-hybridized carbons (Fsp3) is 0. The lowest BCUT2D eigenvalue weighted by Crippen LogP contribution is -1.87. The molecule has 3 rings (SSSR count). The van der Waals surface area contributed by atoms with Crippen LogP contribution in [-0.4, -0.2) is 9.91 Å². The lowest BCUT2D eigenvalue weighted by molar-refractivity contribution is -0.384. The molecule has 0 amide bonds. The monoisotopic (exact) mass is 263 g/mol. The van der Waals surface area contributed by atoms with Gasteiger partial charge in [0.05, 0.1) is 4.92 Å². The van der Waals surface area contributed by atoms with Crippen LogP contribution in [0.1, 0.15) is 5.69 Å². The van der Waals surface area contributed by atoms with E-state index in [9.17, 15) is 15.4 Å². The molecule has 1 heterocycles. The van der Waals surface area contributed by atoms with Gasteiger partial charge in [-0.3, -0.25) is 10.1 Å². The minimum absolute atomic E-state index is 0.0122. The lowest BCUT2D eigenvalue weighted by atomic mass is 10.0. The lowest BCUT2D eigenvalue weighted by Gasteiger charge is -2.00. The van der Waals surface area contributed by atoms with Crippen molar-refractivity contribution < 1.29 is 4.92 Å². The molecule has 0 saturated heterocycles. The molecule has 1 N–H and O–H groups in total. The van der Waals surface area contributed by atoms with Crippen molar-refractivity contribution in [3.05, 3.63) is 64.3 Å². The normalized spacial score (nSPS) is 10.3. The second-order valence-corrected chi connectivity index (χ2v) is 4.34. The molecule has 0 saturated carbocycles. The Labute approximate surface area is 114 Å². The summed E-state index contributed by atoms with van der Waals surface area (Å²) in [6.07, 6.45) is 0. The minimum atomic E-state index is -0.437. The number of nitrogens with zero attached hydrogens (tertiary/aromatic N) is 2. The summed E-state index contributed by atoms with van der Waals surface area (Å²) in [6.45, 7) is 0. The highest BCUT2D eigenvalue weighted by atomic mass is 16.6. The summed E-state index contributed by atoms with van der Waals surface area (Å²) in [5.74, 6) is 0. The minimum Gasteiger partial charge on any atom is -0.346 e. The Morgan fingerprint density at radius 1 is 1.15 bits per heavy atom. The summed E-state index contributed by atoms with van der Waals surface area (Å²) in [5, 5.41) is 20.8. The maximum absolute atomic E-state index is 10.9. The number of hydrogen-bond acceptors (Lipinski definition) is 3. The van der Waals surface area contributed by atoms with E-state index in [1.54, 1.807) is 6.07 Å². The van der Waals surface area contributed by atoms with Crippen molar-refractivity contribution in [3.8, 4) is 17.2 Å². The van der Waals surface area contributed by atoms with Crippen LogP contribution >= 0.6 is 0 Å². The number of H-pyrrole nitrogens is 1. The maximum Gasteiger partial charge on any atom is 0.270 e. The Morgan fingerprint density at radius 2 is 1.90 bits per heavy atom. The third-order valence-corrected chi connectivity index (χ3v) is 3.17. The van der Waals surface area contributed by atoms with E-state index in [0.717, 1.165) is 5.56 Å². The molecule has 96 valence electrons. The van der Waals surface area contributed by atoms with E-state index < -0.39 is 4.92 Å². The van der Waals surface area contributed by atoms with E-state index in [1.165, 1.54) is 12.1 Å². The van der Waals surface area contributed by atoms with Gasteiger partial charge in [0.2, 0.25) is 0 Å². The molecule has 0 aliphatic carbocycles. The van der Waals surface area contributed by atoms with Gasteiger partial charge >= 0.3 is 0 Å². The molecule has 20 heavy (non-hydrogen) atoms. The number of rotatable bonds is 2. The maximum atomic E-state index is 10.9. The smallest absolute Gasteiger partial charge is 0.270 e. The van der Waals surface area contributed by atoms with Gasteiger partial charge < -0.3 is 4.98 Å². The molecule has 0 aliphatic rings. The Kier molecular flexibility index (Phi) is 2.70. The first kappa shape index (κ1) is 11.9. The van der Waals surface area contributed by atoms with Gasteiger partial charge in [-0.2, -0.15) is 5.26 Å². The van der Waals surface area contributed by atoms with Gasteiger partial charge in [0.25, 0.3) is 5.69 Å². The van der Waals surface area contributed by atoms with Gasteiger partial charge in [-0.25, -0.2) is 0 Å². The number of benzene rings is 2. The molecule has 0 fully saturated rings. The van der Waals surface area contributed by atoms with Gasteiger partial charge in [0.1, 0.15) is 11.8 Å². The Bertz CT molecular complexity index is 845. The predicted molar refractivity (Wildman–Crippen MR) is 75.1 cm³/mol. The zero-order chi connectivity index (χ0) is 14.1. The van der Waals surface area contributed by atoms with Gasteiger partial charge in [0, 0.05) is 28.6 Å². The van der Waals surface area contributed by atoms with Crippen LogP contribution in [0.4, 0.5) is 5.69 Å². The summed E-state index contributed by atoms with van der Waals surface area (Å²) >= 11 is 0. The van der Waals surface area contributed by atoms with E-state index in [1.807, 2.05) is 30.3 Å². The van der Waals surface area contributed by atoms with Gasteiger partial charge in [-0.1, -0.05) is 30.3 Å². The number of nitro groups is 1. The summed E-state index contributed by atoms with van der Waals surface area (Å²) in [7, 11) is 0. The molecule has 0 unspecified atom stereocenters. The highest BCUT2D eigenvalue weighted by Crippen LogP contribution is 2.34. The van der Waals surface area contributed by atoms with Crippen molar-refractivity contribution >= 4 is 16.6 Å². The highest BCUT2D eigenvalue weighted by molar-refractivity contribution is 5.99. The molecule has 0 bridgehead atoms. The number of nitriles is 1. The molecule has 2 aromatic carbocycles. The fourth-order valence-electron chi connectivity index (χ4n) is 2.28.